The highest BCUT2D eigenvalue weighted by Crippen LogP contribution is 2.36. The van der Waals surface area contributed by atoms with Crippen LogP contribution in [0.15, 0.2) is 0 Å². The summed E-state index contributed by atoms with van der Waals surface area (Å²) in [5.74, 6) is 0. The molecule has 0 radical (unpaired) electrons. The van der Waals surface area contributed by atoms with Crippen LogP contribution in [0.2, 0.25) is 0 Å². The first-order valence-corrected chi connectivity index (χ1v) is 8.67. The van der Waals surface area contributed by atoms with Crippen LogP contribution in [0.1, 0.15) is 71.1 Å². The average molecular weight is 275 g/mol. The Bertz CT molecular complexity index is 371. The summed E-state index contributed by atoms with van der Waals surface area (Å²) >= 11 is 0. The van der Waals surface area contributed by atoms with Crippen LogP contribution in [-0.2, 0) is 0 Å². The van der Waals surface area contributed by atoms with Gasteiger partial charge >= 0.3 is 0 Å². The van der Waals surface area contributed by atoms with Gasteiger partial charge in [-0.05, 0) is 64.8 Å². The van der Waals surface area contributed by atoms with Crippen LogP contribution in [0, 0.1) is 11.3 Å². The molecule has 0 amide bonds. The topological polar surface area (TPSA) is 39.1 Å². The molecule has 1 heterocycles. The fourth-order valence-electron chi connectivity index (χ4n) is 4.25. The van der Waals surface area contributed by atoms with E-state index < -0.39 is 0 Å². The lowest BCUT2D eigenvalue weighted by molar-refractivity contribution is 0.0876. The number of likely N-dealkylation sites (tertiary alicyclic amines) is 1. The standard InChI is InChI=1S/C17H29N3/c1-14-6-3-2-4-11-20(14)16-7-5-10-17(12-16,13-18)19-15-8-9-15/h14-16,19H,2-12H2,1H3. The Morgan fingerprint density at radius 3 is 2.70 bits per heavy atom. The van der Waals surface area contributed by atoms with Gasteiger partial charge < -0.3 is 0 Å². The summed E-state index contributed by atoms with van der Waals surface area (Å²) in [6.07, 6.45) is 12.6. The van der Waals surface area contributed by atoms with Gasteiger partial charge in [-0.2, -0.15) is 5.26 Å². The smallest absolute Gasteiger partial charge is 0.108 e. The highest BCUT2D eigenvalue weighted by molar-refractivity contribution is 5.13. The second-order valence-corrected chi connectivity index (χ2v) is 7.30. The Hall–Kier alpha value is -0.590. The Balaban J connectivity index is 1.68. The van der Waals surface area contributed by atoms with Gasteiger partial charge in [-0.25, -0.2) is 0 Å². The lowest BCUT2D eigenvalue weighted by atomic mass is 9.78. The van der Waals surface area contributed by atoms with Crippen LogP contribution in [0.4, 0.5) is 0 Å². The fraction of sp³-hybridized carbons (Fsp3) is 0.941. The van der Waals surface area contributed by atoms with Crippen molar-refractivity contribution < 1.29 is 0 Å². The van der Waals surface area contributed by atoms with E-state index in [1.165, 1.54) is 57.9 Å². The van der Waals surface area contributed by atoms with Crippen molar-refractivity contribution in [3.8, 4) is 6.07 Å². The molecule has 0 spiro atoms. The first kappa shape index (κ1) is 14.4. The highest BCUT2D eigenvalue weighted by atomic mass is 15.2. The molecule has 0 aromatic heterocycles. The molecule has 3 nitrogen and oxygen atoms in total. The highest BCUT2D eigenvalue weighted by Gasteiger charge is 2.42. The lowest BCUT2D eigenvalue weighted by Gasteiger charge is -2.43. The van der Waals surface area contributed by atoms with E-state index in [4.69, 9.17) is 0 Å². The van der Waals surface area contributed by atoms with Crippen LogP contribution >= 0.6 is 0 Å². The fourth-order valence-corrected chi connectivity index (χ4v) is 4.25. The number of hydrogen-bond acceptors (Lipinski definition) is 3. The summed E-state index contributed by atoms with van der Waals surface area (Å²) < 4.78 is 0. The van der Waals surface area contributed by atoms with E-state index in [2.05, 4.69) is 23.2 Å². The summed E-state index contributed by atoms with van der Waals surface area (Å²) in [5, 5.41) is 13.4. The number of rotatable bonds is 3. The SMILES string of the molecule is CC1CCCCCN1C1CCCC(C#N)(NC2CC2)C1. The summed E-state index contributed by atoms with van der Waals surface area (Å²) in [5.41, 5.74) is -0.226. The van der Waals surface area contributed by atoms with Crippen LogP contribution in [0.5, 0.6) is 0 Å². The zero-order valence-corrected chi connectivity index (χ0v) is 12.9. The summed E-state index contributed by atoms with van der Waals surface area (Å²) in [7, 11) is 0. The van der Waals surface area contributed by atoms with Gasteiger partial charge in [-0.1, -0.05) is 12.8 Å². The van der Waals surface area contributed by atoms with Crippen molar-refractivity contribution >= 4 is 0 Å². The monoisotopic (exact) mass is 275 g/mol. The second-order valence-electron chi connectivity index (χ2n) is 7.30. The maximum atomic E-state index is 9.72. The first-order valence-electron chi connectivity index (χ1n) is 8.67. The van der Waals surface area contributed by atoms with Crippen molar-refractivity contribution in [3.05, 3.63) is 0 Å². The predicted octanol–water partition coefficient (Wildman–Crippen LogP) is 3.21. The summed E-state index contributed by atoms with van der Waals surface area (Å²) in [6, 6.07) is 4.62. The number of hydrogen-bond donors (Lipinski definition) is 1. The Morgan fingerprint density at radius 2 is 1.95 bits per heavy atom. The quantitative estimate of drug-likeness (QED) is 0.859. The van der Waals surface area contributed by atoms with Gasteiger partial charge in [0.15, 0.2) is 0 Å². The minimum absolute atomic E-state index is 0.226. The van der Waals surface area contributed by atoms with Gasteiger partial charge in [0, 0.05) is 18.1 Å². The molecule has 1 saturated heterocycles. The largest absolute Gasteiger partial charge is 0.298 e. The van der Waals surface area contributed by atoms with E-state index >= 15 is 0 Å². The molecule has 3 rings (SSSR count). The first-order chi connectivity index (χ1) is 9.72. The Labute approximate surface area is 123 Å². The molecule has 3 aliphatic rings. The third kappa shape index (κ3) is 3.18. The molecule has 20 heavy (non-hydrogen) atoms. The zero-order valence-electron chi connectivity index (χ0n) is 12.9. The molecule has 1 N–H and O–H groups in total. The van der Waals surface area contributed by atoms with E-state index in [0.717, 1.165) is 12.8 Å². The molecule has 3 fully saturated rings. The van der Waals surface area contributed by atoms with E-state index in [-0.39, 0.29) is 5.54 Å². The molecule has 112 valence electrons. The van der Waals surface area contributed by atoms with E-state index in [9.17, 15) is 5.26 Å². The van der Waals surface area contributed by atoms with Gasteiger partial charge in [0.2, 0.25) is 0 Å². The minimum atomic E-state index is -0.226. The van der Waals surface area contributed by atoms with Gasteiger partial charge in [-0.15, -0.1) is 0 Å². The summed E-state index contributed by atoms with van der Waals surface area (Å²) in [6.45, 7) is 3.64. The molecule has 0 aromatic rings. The van der Waals surface area contributed by atoms with E-state index in [1.807, 2.05) is 0 Å². The normalized spacial score (nSPS) is 40.0. The van der Waals surface area contributed by atoms with Crippen molar-refractivity contribution in [1.82, 2.24) is 10.2 Å². The van der Waals surface area contributed by atoms with Crippen LogP contribution in [0.25, 0.3) is 0 Å². The van der Waals surface area contributed by atoms with Crippen LogP contribution in [0.3, 0.4) is 0 Å². The number of nitrogens with zero attached hydrogens (tertiary/aromatic N) is 2. The minimum Gasteiger partial charge on any atom is -0.298 e. The third-order valence-corrected chi connectivity index (χ3v) is 5.57. The Morgan fingerprint density at radius 1 is 1.10 bits per heavy atom. The zero-order chi connectivity index (χ0) is 14.0. The molecule has 3 unspecified atom stereocenters. The van der Waals surface area contributed by atoms with Crippen molar-refractivity contribution in [2.45, 2.75) is 94.8 Å². The lowest BCUT2D eigenvalue weighted by Crippen LogP contribution is -2.54. The third-order valence-electron chi connectivity index (χ3n) is 5.57. The maximum absolute atomic E-state index is 9.72. The number of nitrogens with one attached hydrogen (secondary N) is 1. The molecule has 1 aliphatic heterocycles. The molecule has 3 atom stereocenters. The second kappa shape index (κ2) is 6.03. The van der Waals surface area contributed by atoms with Gasteiger partial charge in [-0.3, -0.25) is 10.2 Å². The van der Waals surface area contributed by atoms with Crippen molar-refractivity contribution in [2.75, 3.05) is 6.54 Å². The van der Waals surface area contributed by atoms with Gasteiger partial charge in [0.25, 0.3) is 0 Å². The summed E-state index contributed by atoms with van der Waals surface area (Å²) in [4.78, 5) is 2.73. The average Bonchev–Trinajstić information content (AvgIpc) is 3.27. The van der Waals surface area contributed by atoms with Crippen LogP contribution < -0.4 is 5.32 Å². The van der Waals surface area contributed by atoms with Crippen molar-refractivity contribution in [1.29, 1.82) is 5.26 Å². The van der Waals surface area contributed by atoms with Gasteiger partial charge in [0.1, 0.15) is 5.54 Å². The maximum Gasteiger partial charge on any atom is 0.108 e. The molecule has 0 bridgehead atoms. The van der Waals surface area contributed by atoms with Gasteiger partial charge in [0.05, 0.1) is 6.07 Å². The molecular weight excluding hydrogens is 246 g/mol. The molecule has 3 heteroatoms. The molecular formula is C17H29N3. The van der Waals surface area contributed by atoms with Crippen molar-refractivity contribution in [3.63, 3.8) is 0 Å². The molecule has 2 saturated carbocycles. The van der Waals surface area contributed by atoms with E-state index in [0.29, 0.717) is 18.1 Å². The predicted molar refractivity (Wildman–Crippen MR) is 81.4 cm³/mol. The van der Waals surface area contributed by atoms with E-state index in [1.54, 1.807) is 0 Å². The Kier molecular flexibility index (Phi) is 4.33. The van der Waals surface area contributed by atoms with Crippen molar-refractivity contribution in [2.24, 2.45) is 0 Å². The van der Waals surface area contributed by atoms with Crippen LogP contribution in [-0.4, -0.2) is 35.1 Å². The molecule has 2 aliphatic carbocycles. The number of nitriles is 1. The molecule has 0 aromatic carbocycles.